The van der Waals surface area contributed by atoms with Gasteiger partial charge in [-0.2, -0.15) is 0 Å². The molecule has 1 saturated heterocycles. The average Bonchev–Trinajstić information content (AvgIpc) is 2.34. The first-order chi connectivity index (χ1) is 8.16. The highest BCUT2D eigenvalue weighted by Crippen LogP contribution is 2.13. The number of aromatic nitrogens is 1. The fraction of sp³-hybridized carbons (Fsp3) is 0.455. The van der Waals surface area contributed by atoms with Crippen LogP contribution in [0.2, 0.25) is 5.15 Å². The minimum Gasteiger partial charge on any atom is -0.381 e. The van der Waals surface area contributed by atoms with Gasteiger partial charge in [-0.3, -0.25) is 4.79 Å². The Hall–Kier alpha value is -1.20. The van der Waals surface area contributed by atoms with Crippen LogP contribution in [0.15, 0.2) is 12.3 Å². The number of hydrogen-bond donors (Lipinski definition) is 1. The molecule has 92 valence electrons. The maximum atomic E-state index is 13.1. The number of carbonyl (C=O) groups excluding carboxylic acids is 1. The van der Waals surface area contributed by atoms with E-state index in [4.69, 9.17) is 16.3 Å². The first-order valence-electron chi connectivity index (χ1n) is 5.36. The van der Waals surface area contributed by atoms with E-state index in [1.54, 1.807) is 0 Å². The molecule has 1 N–H and O–H groups in total. The largest absolute Gasteiger partial charge is 0.381 e. The second-order valence-corrected chi connectivity index (χ2v) is 4.21. The molecular weight excluding hydrogens is 247 g/mol. The first kappa shape index (κ1) is 12.3. The lowest BCUT2D eigenvalue weighted by molar-refractivity contribution is 0.0696. The predicted molar refractivity (Wildman–Crippen MR) is 60.5 cm³/mol. The molecule has 6 heteroatoms. The summed E-state index contributed by atoms with van der Waals surface area (Å²) in [6.45, 7) is 1.27. The van der Waals surface area contributed by atoms with Crippen LogP contribution in [0.3, 0.4) is 0 Å². The monoisotopic (exact) mass is 258 g/mol. The van der Waals surface area contributed by atoms with Crippen molar-refractivity contribution in [3.63, 3.8) is 0 Å². The third-order valence-electron chi connectivity index (χ3n) is 2.61. The molecule has 0 saturated carbocycles. The van der Waals surface area contributed by atoms with Gasteiger partial charge in [0, 0.05) is 25.5 Å². The molecule has 4 nitrogen and oxygen atoms in total. The van der Waals surface area contributed by atoms with E-state index >= 15 is 0 Å². The Bertz CT molecular complexity index is 422. The van der Waals surface area contributed by atoms with Crippen molar-refractivity contribution in [2.75, 3.05) is 13.2 Å². The number of hydrogen-bond acceptors (Lipinski definition) is 3. The Morgan fingerprint density at radius 3 is 2.88 bits per heavy atom. The minimum absolute atomic E-state index is 0.0787. The molecule has 2 heterocycles. The minimum atomic E-state index is -0.689. The van der Waals surface area contributed by atoms with Crippen LogP contribution >= 0.6 is 11.6 Å². The maximum Gasteiger partial charge on any atom is 0.253 e. The number of pyridine rings is 1. The summed E-state index contributed by atoms with van der Waals surface area (Å²) in [6.07, 6.45) is 2.81. The van der Waals surface area contributed by atoms with E-state index in [0.29, 0.717) is 13.2 Å². The van der Waals surface area contributed by atoms with E-state index in [1.165, 1.54) is 6.20 Å². The molecule has 1 aromatic heterocycles. The van der Waals surface area contributed by atoms with Gasteiger partial charge in [0.15, 0.2) is 11.0 Å². The third kappa shape index (κ3) is 3.14. The molecule has 2 rings (SSSR count). The van der Waals surface area contributed by atoms with E-state index in [-0.39, 0.29) is 22.7 Å². The van der Waals surface area contributed by atoms with Crippen LogP contribution in [0, 0.1) is 5.82 Å². The van der Waals surface area contributed by atoms with Gasteiger partial charge in [-0.15, -0.1) is 0 Å². The average molecular weight is 259 g/mol. The number of ether oxygens (including phenoxy) is 1. The summed E-state index contributed by atoms with van der Waals surface area (Å²) in [5, 5.41) is 2.58. The van der Waals surface area contributed by atoms with Crippen LogP contribution in [0.5, 0.6) is 0 Å². The standard InChI is InChI=1S/C11H12ClFN2O2/c12-10-9(13)5-7(6-14-10)11(16)15-8-1-3-17-4-2-8/h5-6,8H,1-4H2,(H,15,16). The van der Waals surface area contributed by atoms with Crippen molar-refractivity contribution in [2.45, 2.75) is 18.9 Å². The molecule has 1 amide bonds. The Balaban J connectivity index is 2.01. The molecule has 1 aliphatic rings. The van der Waals surface area contributed by atoms with Crippen LogP contribution in [0.25, 0.3) is 0 Å². The summed E-state index contributed by atoms with van der Waals surface area (Å²) in [4.78, 5) is 15.4. The van der Waals surface area contributed by atoms with Crippen molar-refractivity contribution in [3.05, 3.63) is 28.8 Å². The van der Waals surface area contributed by atoms with Crippen molar-refractivity contribution >= 4 is 17.5 Å². The predicted octanol–water partition coefficient (Wildman–Crippen LogP) is 1.78. The molecule has 17 heavy (non-hydrogen) atoms. The smallest absolute Gasteiger partial charge is 0.253 e. The molecule has 0 unspecified atom stereocenters. The SMILES string of the molecule is O=C(NC1CCOCC1)c1cnc(Cl)c(F)c1. The van der Waals surface area contributed by atoms with E-state index in [9.17, 15) is 9.18 Å². The Morgan fingerprint density at radius 1 is 1.53 bits per heavy atom. The molecular formula is C11H12ClFN2O2. The first-order valence-corrected chi connectivity index (χ1v) is 5.74. The summed E-state index contributed by atoms with van der Waals surface area (Å²) in [6, 6.07) is 1.17. The van der Waals surface area contributed by atoms with Crippen LogP contribution in [0.1, 0.15) is 23.2 Å². The van der Waals surface area contributed by atoms with E-state index in [0.717, 1.165) is 18.9 Å². The van der Waals surface area contributed by atoms with Gasteiger partial charge in [-0.1, -0.05) is 11.6 Å². The molecule has 0 radical (unpaired) electrons. The number of nitrogens with zero attached hydrogens (tertiary/aromatic N) is 1. The highest BCUT2D eigenvalue weighted by molar-refractivity contribution is 6.29. The zero-order valence-electron chi connectivity index (χ0n) is 9.08. The molecule has 0 aromatic carbocycles. The van der Waals surface area contributed by atoms with Crippen molar-refractivity contribution in [1.82, 2.24) is 10.3 Å². The summed E-state index contributed by atoms with van der Waals surface area (Å²) < 4.78 is 18.3. The summed E-state index contributed by atoms with van der Waals surface area (Å²) in [5.74, 6) is -1.02. The fourth-order valence-electron chi connectivity index (χ4n) is 1.66. The van der Waals surface area contributed by atoms with Crippen LogP contribution in [-0.2, 0) is 4.74 Å². The van der Waals surface area contributed by atoms with E-state index in [2.05, 4.69) is 10.3 Å². The van der Waals surface area contributed by atoms with Crippen molar-refractivity contribution < 1.29 is 13.9 Å². The highest BCUT2D eigenvalue weighted by Gasteiger charge is 2.17. The van der Waals surface area contributed by atoms with Crippen LogP contribution < -0.4 is 5.32 Å². The summed E-state index contributed by atoms with van der Waals surface area (Å²) in [5.41, 5.74) is 0.179. The van der Waals surface area contributed by atoms with Crippen molar-refractivity contribution in [3.8, 4) is 0 Å². The van der Waals surface area contributed by atoms with Gasteiger partial charge in [0.05, 0.1) is 5.56 Å². The van der Waals surface area contributed by atoms with Gasteiger partial charge in [-0.25, -0.2) is 9.37 Å². The number of halogens is 2. The van der Waals surface area contributed by atoms with Gasteiger partial charge in [0.1, 0.15) is 0 Å². The molecule has 0 bridgehead atoms. The third-order valence-corrected chi connectivity index (χ3v) is 2.89. The lowest BCUT2D eigenvalue weighted by atomic mass is 10.1. The molecule has 0 aliphatic carbocycles. The quantitative estimate of drug-likeness (QED) is 0.823. The van der Waals surface area contributed by atoms with Crippen LogP contribution in [-0.4, -0.2) is 30.1 Å². The Morgan fingerprint density at radius 2 is 2.24 bits per heavy atom. The molecule has 1 fully saturated rings. The van der Waals surface area contributed by atoms with Crippen molar-refractivity contribution in [1.29, 1.82) is 0 Å². The van der Waals surface area contributed by atoms with Gasteiger partial charge in [-0.05, 0) is 18.9 Å². The summed E-state index contributed by atoms with van der Waals surface area (Å²) >= 11 is 5.44. The summed E-state index contributed by atoms with van der Waals surface area (Å²) in [7, 11) is 0. The number of nitrogens with one attached hydrogen (secondary N) is 1. The van der Waals surface area contributed by atoms with Gasteiger partial charge in [0.2, 0.25) is 0 Å². The number of carbonyl (C=O) groups is 1. The van der Waals surface area contributed by atoms with Crippen LogP contribution in [0.4, 0.5) is 4.39 Å². The Labute approximate surface area is 103 Å². The van der Waals surface area contributed by atoms with E-state index < -0.39 is 5.82 Å². The van der Waals surface area contributed by atoms with Gasteiger partial charge in [0.25, 0.3) is 5.91 Å². The molecule has 1 aliphatic heterocycles. The number of amides is 1. The lowest BCUT2D eigenvalue weighted by Crippen LogP contribution is -2.38. The van der Waals surface area contributed by atoms with Gasteiger partial charge < -0.3 is 10.1 Å². The zero-order valence-corrected chi connectivity index (χ0v) is 9.84. The second kappa shape index (κ2) is 5.42. The fourth-order valence-corrected chi connectivity index (χ4v) is 1.76. The lowest BCUT2D eigenvalue weighted by Gasteiger charge is -2.23. The van der Waals surface area contributed by atoms with Gasteiger partial charge >= 0.3 is 0 Å². The topological polar surface area (TPSA) is 51.2 Å². The molecule has 0 spiro atoms. The Kier molecular flexibility index (Phi) is 3.91. The normalized spacial score (nSPS) is 16.8. The highest BCUT2D eigenvalue weighted by atomic mass is 35.5. The maximum absolute atomic E-state index is 13.1. The number of rotatable bonds is 2. The van der Waals surface area contributed by atoms with E-state index in [1.807, 2.05) is 0 Å². The molecule has 1 aromatic rings. The van der Waals surface area contributed by atoms with Crippen molar-refractivity contribution in [2.24, 2.45) is 0 Å². The zero-order chi connectivity index (χ0) is 12.3. The molecule has 0 atom stereocenters. The second-order valence-electron chi connectivity index (χ2n) is 3.86.